The summed E-state index contributed by atoms with van der Waals surface area (Å²) in [5.41, 5.74) is 2.02. The van der Waals surface area contributed by atoms with Gasteiger partial charge in [-0.15, -0.1) is 0 Å². The van der Waals surface area contributed by atoms with Gasteiger partial charge in [-0.1, -0.05) is 30.3 Å². The molecule has 0 spiro atoms. The van der Waals surface area contributed by atoms with E-state index >= 15 is 0 Å². The highest BCUT2D eigenvalue weighted by atomic mass is 19.1. The molecule has 0 aliphatic carbocycles. The lowest BCUT2D eigenvalue weighted by Crippen LogP contribution is -2.48. The van der Waals surface area contributed by atoms with Crippen molar-refractivity contribution in [3.05, 3.63) is 72.1 Å². The summed E-state index contributed by atoms with van der Waals surface area (Å²) >= 11 is 0. The fourth-order valence-corrected chi connectivity index (χ4v) is 2.67. The Balaban J connectivity index is 1.55. The fourth-order valence-electron chi connectivity index (χ4n) is 2.67. The zero-order valence-electron chi connectivity index (χ0n) is 12.9. The molecular weight excluding hydrogens is 291 g/mol. The quantitative estimate of drug-likeness (QED) is 0.813. The molecule has 118 valence electrons. The third-order valence-corrected chi connectivity index (χ3v) is 4.00. The highest BCUT2D eigenvalue weighted by molar-refractivity contribution is 5.91. The van der Waals surface area contributed by atoms with Gasteiger partial charge in [0.2, 0.25) is 5.91 Å². The normalized spacial score (nSPS) is 15.2. The lowest BCUT2D eigenvalue weighted by molar-refractivity contribution is -0.126. The van der Waals surface area contributed by atoms with Gasteiger partial charge in [0, 0.05) is 37.9 Å². The highest BCUT2D eigenvalue weighted by Crippen LogP contribution is 2.15. The van der Waals surface area contributed by atoms with Crippen molar-refractivity contribution in [2.75, 3.05) is 31.1 Å². The number of para-hydroxylation sites is 1. The zero-order chi connectivity index (χ0) is 16.1. The average Bonchev–Trinajstić information content (AvgIpc) is 2.62. The summed E-state index contributed by atoms with van der Waals surface area (Å²) in [6.07, 6.45) is 3.29. The van der Waals surface area contributed by atoms with E-state index in [9.17, 15) is 9.18 Å². The van der Waals surface area contributed by atoms with Gasteiger partial charge in [0.25, 0.3) is 0 Å². The lowest BCUT2D eigenvalue weighted by atomic mass is 10.2. The first-order valence-corrected chi connectivity index (χ1v) is 7.75. The van der Waals surface area contributed by atoms with E-state index in [2.05, 4.69) is 17.0 Å². The number of halogens is 1. The second-order valence-electron chi connectivity index (χ2n) is 5.53. The molecule has 3 rings (SSSR count). The van der Waals surface area contributed by atoms with Gasteiger partial charge in [0.1, 0.15) is 5.82 Å². The number of carbonyl (C=O) groups excluding carboxylic acids is 1. The Morgan fingerprint density at radius 2 is 1.57 bits per heavy atom. The third kappa shape index (κ3) is 3.97. The molecule has 1 heterocycles. The van der Waals surface area contributed by atoms with Crippen molar-refractivity contribution >= 4 is 17.7 Å². The van der Waals surface area contributed by atoms with Gasteiger partial charge in [-0.25, -0.2) is 4.39 Å². The van der Waals surface area contributed by atoms with E-state index < -0.39 is 0 Å². The monoisotopic (exact) mass is 310 g/mol. The zero-order valence-corrected chi connectivity index (χ0v) is 12.9. The molecule has 0 unspecified atom stereocenters. The fraction of sp³-hybridized carbons (Fsp3) is 0.211. The summed E-state index contributed by atoms with van der Waals surface area (Å²) in [6.45, 7) is 3.09. The standard InChI is InChI=1S/C19H19FN2O/c20-17-9-6-16(7-10-17)8-11-19(23)22-14-12-21(13-15-22)18-4-2-1-3-5-18/h1-11H,12-15H2/b11-8+. The van der Waals surface area contributed by atoms with Crippen LogP contribution in [0, 0.1) is 5.82 Å². The van der Waals surface area contributed by atoms with Crippen molar-refractivity contribution in [1.82, 2.24) is 4.90 Å². The molecule has 4 heteroatoms. The molecule has 0 atom stereocenters. The minimum atomic E-state index is -0.273. The Kier molecular flexibility index (Phi) is 4.71. The predicted octanol–water partition coefficient (Wildman–Crippen LogP) is 3.19. The summed E-state index contributed by atoms with van der Waals surface area (Å²) in [7, 11) is 0. The van der Waals surface area contributed by atoms with Gasteiger partial charge in [-0.2, -0.15) is 0 Å². The van der Waals surface area contributed by atoms with Crippen LogP contribution in [0.4, 0.5) is 10.1 Å². The number of nitrogens with zero attached hydrogens (tertiary/aromatic N) is 2. The van der Waals surface area contributed by atoms with E-state index in [0.29, 0.717) is 13.1 Å². The summed E-state index contributed by atoms with van der Waals surface area (Å²) in [6, 6.07) is 16.3. The topological polar surface area (TPSA) is 23.6 Å². The Morgan fingerprint density at radius 1 is 0.913 bits per heavy atom. The van der Waals surface area contributed by atoms with Crippen LogP contribution in [0.3, 0.4) is 0 Å². The summed E-state index contributed by atoms with van der Waals surface area (Å²) in [5, 5.41) is 0. The first kappa shape index (κ1) is 15.3. The van der Waals surface area contributed by atoms with Gasteiger partial charge in [-0.05, 0) is 35.9 Å². The van der Waals surface area contributed by atoms with E-state index in [1.807, 2.05) is 23.1 Å². The summed E-state index contributed by atoms with van der Waals surface area (Å²) in [5.74, 6) is -0.271. The van der Waals surface area contributed by atoms with Gasteiger partial charge < -0.3 is 9.80 Å². The van der Waals surface area contributed by atoms with Crippen LogP contribution in [0.1, 0.15) is 5.56 Å². The largest absolute Gasteiger partial charge is 0.368 e. The predicted molar refractivity (Wildman–Crippen MR) is 90.7 cm³/mol. The summed E-state index contributed by atoms with van der Waals surface area (Å²) in [4.78, 5) is 16.4. The maximum atomic E-state index is 12.8. The van der Waals surface area contributed by atoms with Crippen LogP contribution in [-0.4, -0.2) is 37.0 Å². The van der Waals surface area contributed by atoms with Crippen molar-refractivity contribution in [1.29, 1.82) is 0 Å². The number of hydrogen-bond acceptors (Lipinski definition) is 2. The molecule has 0 N–H and O–H groups in total. The number of anilines is 1. The van der Waals surface area contributed by atoms with Crippen molar-refractivity contribution in [3.8, 4) is 0 Å². The van der Waals surface area contributed by atoms with Crippen molar-refractivity contribution in [3.63, 3.8) is 0 Å². The van der Waals surface area contributed by atoms with Crippen LogP contribution in [0.2, 0.25) is 0 Å². The molecule has 1 amide bonds. The minimum Gasteiger partial charge on any atom is -0.368 e. The first-order valence-electron chi connectivity index (χ1n) is 7.75. The van der Waals surface area contributed by atoms with Crippen LogP contribution < -0.4 is 4.90 Å². The minimum absolute atomic E-state index is 0.00189. The van der Waals surface area contributed by atoms with Gasteiger partial charge in [-0.3, -0.25) is 4.79 Å². The van der Waals surface area contributed by atoms with Crippen LogP contribution >= 0.6 is 0 Å². The molecule has 0 bridgehead atoms. The third-order valence-electron chi connectivity index (χ3n) is 4.00. The summed E-state index contributed by atoms with van der Waals surface area (Å²) < 4.78 is 12.8. The molecule has 1 aliphatic rings. The van der Waals surface area contributed by atoms with Gasteiger partial charge >= 0.3 is 0 Å². The maximum Gasteiger partial charge on any atom is 0.246 e. The smallest absolute Gasteiger partial charge is 0.246 e. The molecular formula is C19H19FN2O. The van der Waals surface area contributed by atoms with Crippen molar-refractivity contribution in [2.45, 2.75) is 0 Å². The Morgan fingerprint density at radius 3 is 2.22 bits per heavy atom. The van der Waals surface area contributed by atoms with E-state index in [1.54, 1.807) is 24.3 Å². The second-order valence-corrected chi connectivity index (χ2v) is 5.53. The molecule has 1 aliphatic heterocycles. The maximum absolute atomic E-state index is 12.8. The Bertz CT molecular complexity index is 674. The van der Waals surface area contributed by atoms with Crippen LogP contribution in [0.15, 0.2) is 60.7 Å². The molecule has 23 heavy (non-hydrogen) atoms. The highest BCUT2D eigenvalue weighted by Gasteiger charge is 2.19. The molecule has 1 fully saturated rings. The molecule has 3 nitrogen and oxygen atoms in total. The number of rotatable bonds is 3. The molecule has 2 aromatic carbocycles. The molecule has 0 aromatic heterocycles. The van der Waals surface area contributed by atoms with Crippen molar-refractivity contribution in [2.24, 2.45) is 0 Å². The SMILES string of the molecule is O=C(/C=C/c1ccc(F)cc1)N1CCN(c2ccccc2)CC1. The number of benzene rings is 2. The molecule has 2 aromatic rings. The van der Waals surface area contributed by atoms with Gasteiger partial charge in [0.05, 0.1) is 0 Å². The number of hydrogen-bond donors (Lipinski definition) is 0. The van der Waals surface area contributed by atoms with E-state index in [0.717, 1.165) is 18.7 Å². The Hall–Kier alpha value is -2.62. The molecule has 0 radical (unpaired) electrons. The van der Waals surface area contributed by atoms with Crippen molar-refractivity contribution < 1.29 is 9.18 Å². The molecule has 1 saturated heterocycles. The number of piperazine rings is 1. The van der Waals surface area contributed by atoms with E-state index in [4.69, 9.17) is 0 Å². The van der Waals surface area contributed by atoms with Crippen LogP contribution in [0.25, 0.3) is 6.08 Å². The first-order chi connectivity index (χ1) is 11.2. The lowest BCUT2D eigenvalue weighted by Gasteiger charge is -2.35. The number of carbonyl (C=O) groups is 1. The van der Waals surface area contributed by atoms with E-state index in [-0.39, 0.29) is 11.7 Å². The second kappa shape index (κ2) is 7.09. The van der Waals surface area contributed by atoms with Crippen LogP contribution in [0.5, 0.6) is 0 Å². The Labute approximate surface area is 135 Å². The van der Waals surface area contributed by atoms with Gasteiger partial charge in [0.15, 0.2) is 0 Å². The average molecular weight is 310 g/mol. The number of amides is 1. The molecule has 0 saturated carbocycles. The van der Waals surface area contributed by atoms with E-state index in [1.165, 1.54) is 17.8 Å². The van der Waals surface area contributed by atoms with Crippen LogP contribution in [-0.2, 0) is 4.79 Å².